The van der Waals surface area contributed by atoms with Crippen LogP contribution in [0, 0.1) is 0 Å². The van der Waals surface area contributed by atoms with E-state index in [1.807, 2.05) is 30.3 Å². The Morgan fingerprint density at radius 3 is 2.82 bits per heavy atom. The van der Waals surface area contributed by atoms with Crippen LogP contribution in [-0.2, 0) is 11.3 Å². The highest BCUT2D eigenvalue weighted by Gasteiger charge is 2.16. The lowest BCUT2D eigenvalue weighted by molar-refractivity contribution is -0.117. The molecule has 0 aliphatic carbocycles. The molecule has 0 aromatic heterocycles. The van der Waals surface area contributed by atoms with Crippen molar-refractivity contribution in [3.8, 4) is 5.75 Å². The minimum Gasteiger partial charge on any atom is -0.488 e. The summed E-state index contributed by atoms with van der Waals surface area (Å²) in [6, 6.07) is 12.8. The molecule has 0 unspecified atom stereocenters. The van der Waals surface area contributed by atoms with Crippen molar-refractivity contribution < 1.29 is 9.53 Å². The molecule has 1 aliphatic rings. The second kappa shape index (κ2) is 6.42. The first-order valence-electron chi connectivity index (χ1n) is 6.78. The van der Waals surface area contributed by atoms with Crippen LogP contribution in [0.3, 0.4) is 0 Å². The molecule has 112 valence electrons. The zero-order valence-corrected chi connectivity index (χ0v) is 13.1. The van der Waals surface area contributed by atoms with Gasteiger partial charge in [-0.1, -0.05) is 47.5 Å². The summed E-state index contributed by atoms with van der Waals surface area (Å²) < 4.78 is 5.58. The molecule has 1 aliphatic heterocycles. The lowest BCUT2D eigenvalue weighted by atomic mass is 10.1. The fourth-order valence-electron chi connectivity index (χ4n) is 2.20. The molecule has 0 atom stereocenters. The third-order valence-corrected chi connectivity index (χ3v) is 3.97. The van der Waals surface area contributed by atoms with Crippen molar-refractivity contribution in [2.24, 2.45) is 0 Å². The number of benzene rings is 2. The first-order valence-corrected chi connectivity index (χ1v) is 7.53. The van der Waals surface area contributed by atoms with Crippen molar-refractivity contribution in [1.82, 2.24) is 5.32 Å². The number of para-hydroxylation sites is 1. The topological polar surface area (TPSA) is 38.3 Å². The highest BCUT2D eigenvalue weighted by Crippen LogP contribution is 2.26. The third kappa shape index (κ3) is 3.26. The van der Waals surface area contributed by atoms with Gasteiger partial charge in [-0.2, -0.15) is 0 Å². The van der Waals surface area contributed by atoms with E-state index in [4.69, 9.17) is 27.9 Å². The van der Waals surface area contributed by atoms with Crippen molar-refractivity contribution in [3.05, 3.63) is 69.2 Å². The summed E-state index contributed by atoms with van der Waals surface area (Å²) in [5, 5.41) is 3.95. The summed E-state index contributed by atoms with van der Waals surface area (Å²) in [4.78, 5) is 12.2. The molecule has 0 fully saturated rings. The highest BCUT2D eigenvalue weighted by atomic mass is 35.5. The normalized spacial score (nSPS) is 12.9. The van der Waals surface area contributed by atoms with E-state index in [0.29, 0.717) is 22.2 Å². The lowest BCUT2D eigenvalue weighted by Crippen LogP contribution is -2.28. The Morgan fingerprint density at radius 1 is 1.18 bits per heavy atom. The van der Waals surface area contributed by atoms with Gasteiger partial charge in [-0.3, -0.25) is 4.79 Å². The first-order chi connectivity index (χ1) is 10.6. The molecule has 1 N–H and O–H groups in total. The smallest absolute Gasteiger partial charge is 0.250 e. The molecule has 3 nitrogen and oxygen atoms in total. The molecule has 0 spiro atoms. The Bertz CT molecular complexity index is 756. The van der Waals surface area contributed by atoms with E-state index in [1.165, 1.54) is 0 Å². The number of amides is 1. The Hall–Kier alpha value is -1.97. The van der Waals surface area contributed by atoms with Crippen LogP contribution in [0.4, 0.5) is 0 Å². The van der Waals surface area contributed by atoms with Gasteiger partial charge in [0.2, 0.25) is 0 Å². The first kappa shape index (κ1) is 14.9. The minimum absolute atomic E-state index is 0.166. The Labute approximate surface area is 138 Å². The minimum atomic E-state index is -0.166. The summed E-state index contributed by atoms with van der Waals surface area (Å²) >= 11 is 11.9. The summed E-state index contributed by atoms with van der Waals surface area (Å²) in [5.74, 6) is 0.625. The molecule has 2 aromatic carbocycles. The van der Waals surface area contributed by atoms with Crippen molar-refractivity contribution in [2.45, 2.75) is 6.54 Å². The van der Waals surface area contributed by atoms with E-state index in [2.05, 4.69) is 5.32 Å². The molecular weight excluding hydrogens is 321 g/mol. The molecular formula is C17H13Cl2NO2. The summed E-state index contributed by atoms with van der Waals surface area (Å²) in [6.45, 7) is 0.602. The zero-order chi connectivity index (χ0) is 15.5. The average Bonchev–Trinajstić information content (AvgIpc) is 2.53. The number of fused-ring (bicyclic) bond motifs is 1. The van der Waals surface area contributed by atoms with Gasteiger partial charge in [0.15, 0.2) is 0 Å². The molecule has 2 aromatic rings. The molecule has 0 saturated carbocycles. The van der Waals surface area contributed by atoms with Crippen LogP contribution in [0.5, 0.6) is 5.75 Å². The summed E-state index contributed by atoms with van der Waals surface area (Å²) in [5.41, 5.74) is 2.31. The van der Waals surface area contributed by atoms with Gasteiger partial charge in [-0.25, -0.2) is 0 Å². The highest BCUT2D eigenvalue weighted by molar-refractivity contribution is 6.35. The van der Waals surface area contributed by atoms with Gasteiger partial charge >= 0.3 is 0 Å². The number of hydrogen-bond acceptors (Lipinski definition) is 2. The van der Waals surface area contributed by atoms with E-state index in [9.17, 15) is 4.79 Å². The van der Waals surface area contributed by atoms with Gasteiger partial charge in [0.05, 0.1) is 5.57 Å². The second-order valence-electron chi connectivity index (χ2n) is 4.91. The SMILES string of the molecule is O=C(NCc1ccc(Cl)cc1Cl)C1=Cc2ccccc2OC1. The quantitative estimate of drug-likeness (QED) is 0.918. The van der Waals surface area contributed by atoms with E-state index < -0.39 is 0 Å². The predicted octanol–water partition coefficient (Wildman–Crippen LogP) is 4.09. The van der Waals surface area contributed by atoms with E-state index >= 15 is 0 Å². The van der Waals surface area contributed by atoms with E-state index in [1.54, 1.807) is 18.2 Å². The molecule has 1 heterocycles. The molecule has 22 heavy (non-hydrogen) atoms. The summed E-state index contributed by atoms with van der Waals surface area (Å²) in [7, 11) is 0. The molecule has 5 heteroatoms. The van der Waals surface area contributed by atoms with Gasteiger partial charge in [0, 0.05) is 22.2 Å². The number of rotatable bonds is 3. The Kier molecular flexibility index (Phi) is 4.36. The zero-order valence-electron chi connectivity index (χ0n) is 11.6. The third-order valence-electron chi connectivity index (χ3n) is 3.38. The molecule has 0 saturated heterocycles. The van der Waals surface area contributed by atoms with Gasteiger partial charge in [-0.15, -0.1) is 0 Å². The van der Waals surface area contributed by atoms with Crippen molar-refractivity contribution in [1.29, 1.82) is 0 Å². The Balaban J connectivity index is 1.69. The Morgan fingerprint density at radius 2 is 2.00 bits per heavy atom. The van der Waals surface area contributed by atoms with E-state index in [-0.39, 0.29) is 12.5 Å². The maximum Gasteiger partial charge on any atom is 0.250 e. The second-order valence-corrected chi connectivity index (χ2v) is 5.76. The van der Waals surface area contributed by atoms with E-state index in [0.717, 1.165) is 16.9 Å². The van der Waals surface area contributed by atoms with Crippen molar-refractivity contribution in [3.63, 3.8) is 0 Å². The molecule has 0 bridgehead atoms. The fourth-order valence-corrected chi connectivity index (χ4v) is 2.68. The number of halogens is 2. The van der Waals surface area contributed by atoms with Crippen LogP contribution in [-0.4, -0.2) is 12.5 Å². The molecule has 3 rings (SSSR count). The summed E-state index contributed by atoms with van der Waals surface area (Å²) in [6.07, 6.45) is 1.84. The van der Waals surface area contributed by atoms with Crippen LogP contribution in [0.25, 0.3) is 6.08 Å². The van der Waals surface area contributed by atoms with Crippen LogP contribution in [0.1, 0.15) is 11.1 Å². The predicted molar refractivity (Wildman–Crippen MR) is 88.2 cm³/mol. The van der Waals surface area contributed by atoms with Gasteiger partial charge in [0.1, 0.15) is 12.4 Å². The monoisotopic (exact) mass is 333 g/mol. The lowest BCUT2D eigenvalue weighted by Gasteiger charge is -2.17. The number of carbonyl (C=O) groups excluding carboxylic acids is 1. The molecule has 1 amide bonds. The number of nitrogens with one attached hydrogen (secondary N) is 1. The van der Waals surface area contributed by atoms with Gasteiger partial charge in [-0.05, 0) is 29.8 Å². The average molecular weight is 334 g/mol. The number of carbonyl (C=O) groups is 1. The van der Waals surface area contributed by atoms with Crippen molar-refractivity contribution in [2.75, 3.05) is 6.61 Å². The largest absolute Gasteiger partial charge is 0.488 e. The number of ether oxygens (including phenoxy) is 1. The van der Waals surface area contributed by atoms with Crippen LogP contribution in [0.15, 0.2) is 48.0 Å². The van der Waals surface area contributed by atoms with Crippen molar-refractivity contribution >= 4 is 35.2 Å². The standard InChI is InChI=1S/C17H13Cl2NO2/c18-14-6-5-12(15(19)8-14)9-20-17(21)13-7-11-3-1-2-4-16(11)22-10-13/h1-8H,9-10H2,(H,20,21). The van der Waals surface area contributed by atoms with Crippen LogP contribution in [0.2, 0.25) is 10.0 Å². The van der Waals surface area contributed by atoms with Crippen LogP contribution >= 0.6 is 23.2 Å². The van der Waals surface area contributed by atoms with Crippen LogP contribution < -0.4 is 10.1 Å². The fraction of sp³-hybridized carbons (Fsp3) is 0.118. The number of hydrogen-bond donors (Lipinski definition) is 1. The maximum atomic E-state index is 12.2. The molecule has 0 radical (unpaired) electrons. The van der Waals surface area contributed by atoms with Gasteiger partial charge < -0.3 is 10.1 Å². The van der Waals surface area contributed by atoms with Gasteiger partial charge in [0.25, 0.3) is 5.91 Å². The maximum absolute atomic E-state index is 12.2.